The number of anilines is 1. The molecule has 0 saturated heterocycles. The van der Waals surface area contributed by atoms with Gasteiger partial charge in [0.05, 0.1) is 10.5 Å². The number of nitrogens with zero attached hydrogens (tertiary/aromatic N) is 3. The Morgan fingerprint density at radius 1 is 1.73 bits per heavy atom. The Morgan fingerprint density at radius 2 is 2.47 bits per heavy atom. The van der Waals surface area contributed by atoms with Crippen LogP contribution < -0.4 is 11.1 Å². The number of hydrogen-bond donors (Lipinski definition) is 2. The lowest BCUT2D eigenvalue weighted by atomic mass is 10.3. The molecule has 0 bridgehead atoms. The van der Waals surface area contributed by atoms with Crippen LogP contribution in [-0.2, 0) is 0 Å². The Bertz CT molecular complexity index is 412. The van der Waals surface area contributed by atoms with Crippen molar-refractivity contribution in [2.75, 3.05) is 18.4 Å². The highest BCUT2D eigenvalue weighted by Gasteiger charge is 2.15. The minimum atomic E-state index is -0.591. The smallest absolute Gasteiger partial charge is 0.312 e. The number of nitriles is 1. The molecule has 0 aliphatic rings. The van der Waals surface area contributed by atoms with E-state index in [4.69, 9.17) is 11.0 Å². The van der Waals surface area contributed by atoms with Gasteiger partial charge in [-0.2, -0.15) is 5.26 Å². The fourth-order valence-electron chi connectivity index (χ4n) is 0.980. The Morgan fingerprint density at radius 3 is 3.00 bits per heavy atom. The minimum absolute atomic E-state index is 0.129. The fraction of sp³-hybridized carbons (Fsp3) is 0.250. The van der Waals surface area contributed by atoms with E-state index >= 15 is 0 Å². The van der Waals surface area contributed by atoms with Crippen LogP contribution in [-0.4, -0.2) is 23.0 Å². The van der Waals surface area contributed by atoms with E-state index in [0.29, 0.717) is 13.1 Å². The van der Waals surface area contributed by atoms with Gasteiger partial charge < -0.3 is 11.1 Å². The molecule has 78 valence electrons. The molecule has 0 spiro atoms. The van der Waals surface area contributed by atoms with Gasteiger partial charge in [-0.25, -0.2) is 4.98 Å². The molecule has 7 nitrogen and oxygen atoms in total. The highest BCUT2D eigenvalue weighted by molar-refractivity contribution is 5.58. The molecular formula is C8H9N5O2. The normalized spacial score (nSPS) is 9.33. The van der Waals surface area contributed by atoms with E-state index in [1.807, 2.05) is 0 Å². The summed E-state index contributed by atoms with van der Waals surface area (Å²) in [4.78, 5) is 13.8. The molecular weight excluding hydrogens is 198 g/mol. The van der Waals surface area contributed by atoms with Crippen molar-refractivity contribution < 1.29 is 4.92 Å². The molecule has 0 aliphatic carbocycles. The van der Waals surface area contributed by atoms with Crippen molar-refractivity contribution >= 4 is 11.5 Å². The maximum Gasteiger partial charge on any atom is 0.312 e. The molecule has 1 rings (SSSR count). The highest BCUT2D eigenvalue weighted by Crippen LogP contribution is 2.21. The van der Waals surface area contributed by atoms with Crippen molar-refractivity contribution in [1.82, 2.24) is 4.98 Å². The summed E-state index contributed by atoms with van der Waals surface area (Å²) in [5.74, 6) is 0.129. The maximum absolute atomic E-state index is 10.6. The van der Waals surface area contributed by atoms with E-state index in [1.165, 1.54) is 12.3 Å². The number of aromatic nitrogens is 1. The molecule has 0 saturated carbocycles. The molecule has 1 aromatic rings. The lowest BCUT2D eigenvalue weighted by Crippen LogP contribution is -2.14. The second-order valence-corrected chi connectivity index (χ2v) is 2.68. The predicted octanol–water partition coefficient (Wildman–Crippen LogP) is 0.232. The summed E-state index contributed by atoms with van der Waals surface area (Å²) in [6, 6.07) is 2.96. The molecule has 0 amide bonds. The molecule has 15 heavy (non-hydrogen) atoms. The van der Waals surface area contributed by atoms with Crippen LogP contribution in [0.1, 0.15) is 5.56 Å². The Balaban J connectivity index is 3.05. The molecule has 1 heterocycles. The summed E-state index contributed by atoms with van der Waals surface area (Å²) < 4.78 is 0. The van der Waals surface area contributed by atoms with Crippen LogP contribution in [0.2, 0.25) is 0 Å². The molecule has 0 radical (unpaired) electrons. The van der Waals surface area contributed by atoms with Gasteiger partial charge >= 0.3 is 5.69 Å². The van der Waals surface area contributed by atoms with Crippen LogP contribution in [0.4, 0.5) is 11.5 Å². The van der Waals surface area contributed by atoms with Crippen LogP contribution in [0.25, 0.3) is 0 Å². The monoisotopic (exact) mass is 207 g/mol. The van der Waals surface area contributed by atoms with E-state index in [2.05, 4.69) is 10.3 Å². The maximum atomic E-state index is 10.6. The number of nitro groups is 1. The summed E-state index contributed by atoms with van der Waals surface area (Å²) in [5, 5.41) is 21.9. The molecule has 0 aliphatic heterocycles. The van der Waals surface area contributed by atoms with Crippen LogP contribution >= 0.6 is 0 Å². The summed E-state index contributed by atoms with van der Waals surface area (Å²) in [7, 11) is 0. The zero-order valence-electron chi connectivity index (χ0n) is 7.80. The fourth-order valence-corrected chi connectivity index (χ4v) is 0.980. The van der Waals surface area contributed by atoms with Gasteiger partial charge in [-0.05, 0) is 0 Å². The second kappa shape index (κ2) is 4.88. The molecule has 0 atom stereocenters. The topological polar surface area (TPSA) is 118 Å². The standard InChI is InChI=1S/C8H9N5O2/c9-1-2-11-8-7(13(14)15)3-6(4-10)5-12-8/h3,5H,1-2,9H2,(H,11,12). The van der Waals surface area contributed by atoms with Gasteiger partial charge in [0.15, 0.2) is 0 Å². The summed E-state index contributed by atoms with van der Waals surface area (Å²) >= 11 is 0. The van der Waals surface area contributed by atoms with Gasteiger partial charge in [0.1, 0.15) is 6.07 Å². The van der Waals surface area contributed by atoms with Crippen molar-refractivity contribution in [3.05, 3.63) is 27.9 Å². The molecule has 0 fully saturated rings. The molecule has 1 aromatic heterocycles. The number of pyridine rings is 1. The van der Waals surface area contributed by atoms with Gasteiger partial charge in [-0.15, -0.1) is 0 Å². The largest absolute Gasteiger partial charge is 0.363 e. The molecule has 7 heteroatoms. The quantitative estimate of drug-likeness (QED) is 0.539. The van der Waals surface area contributed by atoms with Crippen LogP contribution in [0.5, 0.6) is 0 Å². The van der Waals surface area contributed by atoms with E-state index in [0.717, 1.165) is 0 Å². The summed E-state index contributed by atoms with van der Waals surface area (Å²) in [5.41, 5.74) is 5.18. The van der Waals surface area contributed by atoms with Crippen molar-refractivity contribution in [2.24, 2.45) is 5.73 Å². The second-order valence-electron chi connectivity index (χ2n) is 2.68. The molecule has 0 unspecified atom stereocenters. The highest BCUT2D eigenvalue weighted by atomic mass is 16.6. The third kappa shape index (κ3) is 2.62. The zero-order chi connectivity index (χ0) is 11.3. The number of rotatable bonds is 4. The van der Waals surface area contributed by atoms with E-state index in [1.54, 1.807) is 6.07 Å². The van der Waals surface area contributed by atoms with Gasteiger partial charge in [-0.3, -0.25) is 10.1 Å². The SMILES string of the molecule is N#Cc1cnc(NCCN)c([N+](=O)[O-])c1. The van der Waals surface area contributed by atoms with Crippen LogP contribution in [0, 0.1) is 21.4 Å². The Hall–Kier alpha value is -2.20. The lowest BCUT2D eigenvalue weighted by Gasteiger charge is -2.03. The first kappa shape index (κ1) is 10.9. The van der Waals surface area contributed by atoms with Gasteiger partial charge in [0.2, 0.25) is 5.82 Å². The van der Waals surface area contributed by atoms with Crippen molar-refractivity contribution in [3.8, 4) is 6.07 Å². The van der Waals surface area contributed by atoms with Crippen LogP contribution in [0.15, 0.2) is 12.3 Å². The summed E-state index contributed by atoms with van der Waals surface area (Å²) in [6.07, 6.45) is 1.27. The first-order chi connectivity index (χ1) is 7.19. The van der Waals surface area contributed by atoms with E-state index in [-0.39, 0.29) is 17.1 Å². The Kier molecular flexibility index (Phi) is 3.54. The average molecular weight is 207 g/mol. The molecule has 3 N–H and O–H groups in total. The number of hydrogen-bond acceptors (Lipinski definition) is 6. The van der Waals surface area contributed by atoms with E-state index in [9.17, 15) is 10.1 Å². The van der Waals surface area contributed by atoms with Crippen molar-refractivity contribution in [2.45, 2.75) is 0 Å². The zero-order valence-corrected chi connectivity index (χ0v) is 7.80. The number of nitrogens with two attached hydrogens (primary N) is 1. The van der Waals surface area contributed by atoms with Crippen molar-refractivity contribution in [3.63, 3.8) is 0 Å². The Labute approximate surface area is 85.7 Å². The minimum Gasteiger partial charge on any atom is -0.363 e. The van der Waals surface area contributed by atoms with Gasteiger partial charge in [0.25, 0.3) is 0 Å². The predicted molar refractivity (Wildman–Crippen MR) is 53.2 cm³/mol. The third-order valence-electron chi connectivity index (χ3n) is 1.63. The average Bonchev–Trinajstić information content (AvgIpc) is 2.26. The first-order valence-corrected chi connectivity index (χ1v) is 4.17. The van der Waals surface area contributed by atoms with Crippen LogP contribution in [0.3, 0.4) is 0 Å². The lowest BCUT2D eigenvalue weighted by molar-refractivity contribution is -0.384. The summed E-state index contributed by atoms with van der Waals surface area (Å²) in [6.45, 7) is 0.735. The third-order valence-corrected chi connectivity index (χ3v) is 1.63. The van der Waals surface area contributed by atoms with Gasteiger partial charge in [-0.1, -0.05) is 0 Å². The van der Waals surface area contributed by atoms with E-state index < -0.39 is 4.92 Å². The molecule has 0 aromatic carbocycles. The first-order valence-electron chi connectivity index (χ1n) is 4.17. The number of nitrogens with one attached hydrogen (secondary N) is 1. The van der Waals surface area contributed by atoms with Crippen molar-refractivity contribution in [1.29, 1.82) is 5.26 Å². The van der Waals surface area contributed by atoms with Gasteiger partial charge in [0, 0.05) is 25.4 Å².